The summed E-state index contributed by atoms with van der Waals surface area (Å²) in [5.74, 6) is 5.70. The van der Waals surface area contributed by atoms with Crippen molar-refractivity contribution in [2.45, 2.75) is 0 Å². The Kier molecular flexibility index (Phi) is 2.76. The quantitative estimate of drug-likeness (QED) is 0.577. The molecule has 0 unspecified atom stereocenters. The summed E-state index contributed by atoms with van der Waals surface area (Å²) >= 11 is 0. The van der Waals surface area contributed by atoms with Crippen molar-refractivity contribution in [3.63, 3.8) is 0 Å². The van der Waals surface area contributed by atoms with Crippen molar-refractivity contribution < 1.29 is 0 Å². The van der Waals surface area contributed by atoms with Gasteiger partial charge in [0, 0.05) is 5.56 Å². The molecule has 3 N–H and O–H groups in total. The highest BCUT2D eigenvalue weighted by Crippen LogP contribution is 2.17. The van der Waals surface area contributed by atoms with Crippen molar-refractivity contribution >= 4 is 5.82 Å². The molecule has 0 radical (unpaired) electrons. The van der Waals surface area contributed by atoms with Gasteiger partial charge in [-0.3, -0.25) is 0 Å². The summed E-state index contributed by atoms with van der Waals surface area (Å²) in [5, 5.41) is 16.5. The Morgan fingerprint density at radius 2 is 1.81 bits per heavy atom. The molecular formula is C11H9N5. The number of aromatic nitrogens is 2. The molecule has 5 heteroatoms. The van der Waals surface area contributed by atoms with Crippen LogP contribution in [-0.4, -0.2) is 10.2 Å². The fraction of sp³-hybridized carbons (Fsp3) is 0. The SMILES string of the molecule is N#Cc1ccc(-c2ccc(NN)nn2)cc1. The van der Waals surface area contributed by atoms with Crippen molar-refractivity contribution in [3.05, 3.63) is 42.0 Å². The highest BCUT2D eigenvalue weighted by atomic mass is 15.3. The van der Waals surface area contributed by atoms with E-state index >= 15 is 0 Å². The van der Waals surface area contributed by atoms with E-state index in [1.54, 1.807) is 18.2 Å². The number of hydrogen-bond acceptors (Lipinski definition) is 5. The van der Waals surface area contributed by atoms with Crippen LogP contribution in [0.5, 0.6) is 0 Å². The Balaban J connectivity index is 2.32. The fourth-order valence-corrected chi connectivity index (χ4v) is 1.28. The van der Waals surface area contributed by atoms with Gasteiger partial charge in [0.15, 0.2) is 5.82 Å². The predicted octanol–water partition coefficient (Wildman–Crippen LogP) is 1.30. The lowest BCUT2D eigenvalue weighted by molar-refractivity contribution is 1.03. The van der Waals surface area contributed by atoms with E-state index in [0.717, 1.165) is 11.3 Å². The minimum Gasteiger partial charge on any atom is -0.307 e. The van der Waals surface area contributed by atoms with Gasteiger partial charge in [0.05, 0.1) is 17.3 Å². The molecule has 0 aliphatic carbocycles. The molecule has 0 aliphatic heterocycles. The van der Waals surface area contributed by atoms with Gasteiger partial charge in [-0.1, -0.05) is 12.1 Å². The van der Waals surface area contributed by atoms with Crippen LogP contribution in [0.25, 0.3) is 11.3 Å². The number of hydrogen-bond donors (Lipinski definition) is 2. The lowest BCUT2D eigenvalue weighted by Gasteiger charge is -2.01. The molecule has 1 aromatic heterocycles. The number of nitrogen functional groups attached to an aromatic ring is 1. The summed E-state index contributed by atoms with van der Waals surface area (Å²) in [7, 11) is 0. The molecule has 78 valence electrons. The molecule has 0 amide bonds. The average molecular weight is 211 g/mol. The first-order chi connectivity index (χ1) is 7.83. The summed E-state index contributed by atoms with van der Waals surface area (Å²) in [6.45, 7) is 0. The second-order valence-corrected chi connectivity index (χ2v) is 3.14. The van der Waals surface area contributed by atoms with Crippen LogP contribution < -0.4 is 11.3 Å². The van der Waals surface area contributed by atoms with E-state index in [1.807, 2.05) is 18.2 Å². The molecule has 0 aliphatic rings. The number of nitriles is 1. The van der Waals surface area contributed by atoms with Gasteiger partial charge < -0.3 is 5.43 Å². The Hall–Kier alpha value is -2.45. The first kappa shape index (κ1) is 10.1. The van der Waals surface area contributed by atoms with Crippen LogP contribution in [0.2, 0.25) is 0 Å². The Labute approximate surface area is 92.5 Å². The topological polar surface area (TPSA) is 87.6 Å². The molecule has 5 nitrogen and oxygen atoms in total. The van der Waals surface area contributed by atoms with Crippen LogP contribution in [0.4, 0.5) is 5.82 Å². The normalized spacial score (nSPS) is 9.50. The van der Waals surface area contributed by atoms with Crippen LogP contribution in [0.1, 0.15) is 5.56 Å². The van der Waals surface area contributed by atoms with Crippen LogP contribution >= 0.6 is 0 Å². The number of nitrogens with one attached hydrogen (secondary N) is 1. The maximum absolute atomic E-state index is 8.67. The maximum Gasteiger partial charge on any atom is 0.162 e. The van der Waals surface area contributed by atoms with E-state index in [2.05, 4.69) is 21.7 Å². The van der Waals surface area contributed by atoms with Crippen LogP contribution in [-0.2, 0) is 0 Å². The van der Waals surface area contributed by atoms with Crippen molar-refractivity contribution in [1.82, 2.24) is 10.2 Å². The largest absolute Gasteiger partial charge is 0.307 e. The number of benzene rings is 1. The molecule has 0 fully saturated rings. The zero-order valence-electron chi connectivity index (χ0n) is 8.38. The van der Waals surface area contributed by atoms with Crippen molar-refractivity contribution in [2.24, 2.45) is 5.84 Å². The number of hydrazine groups is 1. The minimum atomic E-state index is 0.511. The second kappa shape index (κ2) is 4.38. The number of nitrogens with two attached hydrogens (primary N) is 1. The molecule has 0 saturated heterocycles. The third-order valence-corrected chi connectivity index (χ3v) is 2.12. The van der Waals surface area contributed by atoms with E-state index in [0.29, 0.717) is 11.4 Å². The van der Waals surface area contributed by atoms with Crippen molar-refractivity contribution in [3.8, 4) is 17.3 Å². The van der Waals surface area contributed by atoms with Gasteiger partial charge in [-0.15, -0.1) is 10.2 Å². The fourth-order valence-electron chi connectivity index (χ4n) is 1.28. The Morgan fingerprint density at radius 1 is 1.06 bits per heavy atom. The molecule has 1 heterocycles. The number of anilines is 1. The first-order valence-electron chi connectivity index (χ1n) is 4.64. The smallest absolute Gasteiger partial charge is 0.162 e. The van der Waals surface area contributed by atoms with Crippen LogP contribution in [0.15, 0.2) is 36.4 Å². The molecule has 16 heavy (non-hydrogen) atoms. The van der Waals surface area contributed by atoms with E-state index in [-0.39, 0.29) is 0 Å². The third-order valence-electron chi connectivity index (χ3n) is 2.12. The monoisotopic (exact) mass is 211 g/mol. The van der Waals surface area contributed by atoms with Crippen molar-refractivity contribution in [2.75, 3.05) is 5.43 Å². The van der Waals surface area contributed by atoms with Gasteiger partial charge in [0.1, 0.15) is 0 Å². The Bertz CT molecular complexity index is 510. The van der Waals surface area contributed by atoms with Gasteiger partial charge >= 0.3 is 0 Å². The molecule has 2 rings (SSSR count). The van der Waals surface area contributed by atoms with E-state index in [4.69, 9.17) is 11.1 Å². The zero-order valence-corrected chi connectivity index (χ0v) is 8.38. The molecular weight excluding hydrogens is 202 g/mol. The minimum absolute atomic E-state index is 0.511. The summed E-state index contributed by atoms with van der Waals surface area (Å²) in [6.07, 6.45) is 0. The third kappa shape index (κ3) is 1.97. The summed E-state index contributed by atoms with van der Waals surface area (Å²) in [4.78, 5) is 0. The maximum atomic E-state index is 8.67. The lowest BCUT2D eigenvalue weighted by atomic mass is 10.1. The molecule has 2 aromatic rings. The van der Waals surface area contributed by atoms with Gasteiger partial charge in [-0.25, -0.2) is 5.84 Å². The molecule has 0 saturated carbocycles. The molecule has 0 spiro atoms. The van der Waals surface area contributed by atoms with E-state index in [1.165, 1.54) is 0 Å². The first-order valence-corrected chi connectivity index (χ1v) is 4.64. The van der Waals surface area contributed by atoms with Gasteiger partial charge in [0.25, 0.3) is 0 Å². The summed E-state index contributed by atoms with van der Waals surface area (Å²) in [6, 6.07) is 12.8. The second-order valence-electron chi connectivity index (χ2n) is 3.14. The molecule has 0 atom stereocenters. The highest BCUT2D eigenvalue weighted by molar-refractivity contribution is 5.60. The molecule has 1 aromatic carbocycles. The van der Waals surface area contributed by atoms with Crippen LogP contribution in [0, 0.1) is 11.3 Å². The van der Waals surface area contributed by atoms with E-state index in [9.17, 15) is 0 Å². The number of nitrogens with zero attached hydrogens (tertiary/aromatic N) is 3. The predicted molar refractivity (Wildman–Crippen MR) is 60.0 cm³/mol. The van der Waals surface area contributed by atoms with Gasteiger partial charge in [0.2, 0.25) is 0 Å². The lowest BCUT2D eigenvalue weighted by Crippen LogP contribution is -2.08. The zero-order chi connectivity index (χ0) is 11.4. The standard InChI is InChI=1S/C11H9N5/c12-7-8-1-3-9(4-2-8)10-5-6-11(14-13)16-15-10/h1-6H,13H2,(H,14,16). The molecule has 0 bridgehead atoms. The average Bonchev–Trinajstić information content (AvgIpc) is 2.39. The summed E-state index contributed by atoms with van der Waals surface area (Å²) < 4.78 is 0. The van der Waals surface area contributed by atoms with Crippen LogP contribution in [0.3, 0.4) is 0 Å². The van der Waals surface area contributed by atoms with E-state index < -0.39 is 0 Å². The van der Waals surface area contributed by atoms with Crippen molar-refractivity contribution in [1.29, 1.82) is 5.26 Å². The number of rotatable bonds is 2. The highest BCUT2D eigenvalue weighted by Gasteiger charge is 2.00. The Morgan fingerprint density at radius 3 is 2.31 bits per heavy atom. The summed E-state index contributed by atoms with van der Waals surface area (Å²) in [5.41, 5.74) is 4.68. The van der Waals surface area contributed by atoms with Gasteiger partial charge in [-0.05, 0) is 24.3 Å². The van der Waals surface area contributed by atoms with Gasteiger partial charge in [-0.2, -0.15) is 5.26 Å².